The second-order valence-electron chi connectivity index (χ2n) is 7.77. The van der Waals surface area contributed by atoms with E-state index in [0.29, 0.717) is 12.1 Å². The Bertz CT molecular complexity index is 1470. The Hall–Kier alpha value is -3.73. The predicted octanol–water partition coefficient (Wildman–Crippen LogP) is 4.71. The van der Waals surface area contributed by atoms with Crippen molar-refractivity contribution < 1.29 is 0 Å². The van der Waals surface area contributed by atoms with Crippen LogP contribution >= 0.6 is 0 Å². The number of rotatable bonds is 3. The van der Waals surface area contributed by atoms with E-state index in [9.17, 15) is 4.79 Å². The van der Waals surface area contributed by atoms with E-state index >= 15 is 0 Å². The van der Waals surface area contributed by atoms with Crippen molar-refractivity contribution in [3.05, 3.63) is 99.6 Å². The molecule has 2 heterocycles. The highest BCUT2D eigenvalue weighted by Crippen LogP contribution is 2.21. The third kappa shape index (κ3) is 2.90. The summed E-state index contributed by atoms with van der Waals surface area (Å²) in [7, 11) is 0. The summed E-state index contributed by atoms with van der Waals surface area (Å²) < 4.78 is 3.29. The SMILES string of the molecule is Cc1ccc(-n2ncc3c(C)nn(Cc4cccc5ccccc45)c(=O)c32)cc1C. The van der Waals surface area contributed by atoms with Gasteiger partial charge >= 0.3 is 0 Å². The van der Waals surface area contributed by atoms with E-state index in [1.165, 1.54) is 5.56 Å². The van der Waals surface area contributed by atoms with Gasteiger partial charge in [0.1, 0.15) is 5.52 Å². The quantitative estimate of drug-likeness (QED) is 0.445. The zero-order valence-electron chi connectivity index (χ0n) is 17.3. The van der Waals surface area contributed by atoms with Crippen molar-refractivity contribution in [2.24, 2.45) is 0 Å². The molecule has 0 bridgehead atoms. The molecule has 3 aromatic carbocycles. The molecule has 5 heteroatoms. The van der Waals surface area contributed by atoms with Crippen LogP contribution in [0.25, 0.3) is 27.4 Å². The first-order valence-corrected chi connectivity index (χ1v) is 10.0. The summed E-state index contributed by atoms with van der Waals surface area (Å²) in [6.45, 7) is 6.48. The fourth-order valence-corrected chi connectivity index (χ4v) is 3.97. The number of fused-ring (bicyclic) bond motifs is 2. The Morgan fingerprint density at radius 2 is 1.67 bits per heavy atom. The van der Waals surface area contributed by atoms with Crippen LogP contribution in [-0.2, 0) is 6.54 Å². The summed E-state index contributed by atoms with van der Waals surface area (Å²) in [5.74, 6) is 0. The molecule has 2 aromatic heterocycles. The van der Waals surface area contributed by atoms with E-state index in [2.05, 4.69) is 60.4 Å². The van der Waals surface area contributed by atoms with Crippen LogP contribution in [0.15, 0.2) is 71.7 Å². The Labute approximate surface area is 174 Å². The number of hydrogen-bond acceptors (Lipinski definition) is 3. The van der Waals surface area contributed by atoms with Crippen molar-refractivity contribution in [2.45, 2.75) is 27.3 Å². The average molecular weight is 394 g/mol. The van der Waals surface area contributed by atoms with Crippen molar-refractivity contribution in [1.29, 1.82) is 0 Å². The van der Waals surface area contributed by atoms with E-state index < -0.39 is 0 Å². The number of benzene rings is 3. The molecule has 148 valence electrons. The summed E-state index contributed by atoms with van der Waals surface area (Å²) in [6, 6.07) is 20.5. The lowest BCUT2D eigenvalue weighted by Gasteiger charge is -2.11. The molecule has 0 aliphatic carbocycles. The summed E-state index contributed by atoms with van der Waals surface area (Å²) >= 11 is 0. The fraction of sp³-hybridized carbons (Fsp3) is 0.160. The lowest BCUT2D eigenvalue weighted by Crippen LogP contribution is -2.26. The van der Waals surface area contributed by atoms with E-state index in [-0.39, 0.29) is 5.56 Å². The molecule has 0 radical (unpaired) electrons. The number of hydrogen-bond donors (Lipinski definition) is 0. The van der Waals surface area contributed by atoms with E-state index in [1.807, 2.05) is 31.2 Å². The average Bonchev–Trinajstić information content (AvgIpc) is 3.20. The van der Waals surface area contributed by atoms with Gasteiger partial charge in [-0.1, -0.05) is 48.5 Å². The molecule has 0 unspecified atom stereocenters. The van der Waals surface area contributed by atoms with Gasteiger partial charge in [0.25, 0.3) is 5.56 Å². The van der Waals surface area contributed by atoms with Crippen molar-refractivity contribution in [3.63, 3.8) is 0 Å². The minimum atomic E-state index is -0.140. The molecule has 5 aromatic rings. The standard InChI is InChI=1S/C25H22N4O/c1-16-11-12-21(13-17(16)2)29-24-23(14-26-29)18(3)27-28(25(24)30)15-20-9-6-8-19-7-4-5-10-22(19)20/h4-14H,15H2,1-3H3. The van der Waals surface area contributed by atoms with Crippen LogP contribution in [0.4, 0.5) is 0 Å². The van der Waals surface area contributed by atoms with Gasteiger partial charge in [0.05, 0.1) is 24.1 Å². The van der Waals surface area contributed by atoms with Gasteiger partial charge in [0.2, 0.25) is 0 Å². The van der Waals surface area contributed by atoms with Crippen LogP contribution < -0.4 is 5.56 Å². The lowest BCUT2D eigenvalue weighted by atomic mass is 10.0. The zero-order chi connectivity index (χ0) is 20.8. The number of nitrogens with zero attached hydrogens (tertiary/aromatic N) is 4. The molecule has 30 heavy (non-hydrogen) atoms. The maximum atomic E-state index is 13.5. The highest BCUT2D eigenvalue weighted by molar-refractivity contribution is 5.86. The molecule has 0 aliphatic rings. The smallest absolute Gasteiger partial charge is 0.265 e. The molecular weight excluding hydrogens is 372 g/mol. The van der Waals surface area contributed by atoms with Gasteiger partial charge in [-0.05, 0) is 60.4 Å². The Balaban J connectivity index is 1.69. The lowest BCUT2D eigenvalue weighted by molar-refractivity contribution is 0.637. The maximum absolute atomic E-state index is 13.5. The highest BCUT2D eigenvalue weighted by atomic mass is 16.1. The first-order chi connectivity index (χ1) is 14.5. The second-order valence-corrected chi connectivity index (χ2v) is 7.77. The minimum absolute atomic E-state index is 0.140. The van der Waals surface area contributed by atoms with Crippen LogP contribution in [0, 0.1) is 20.8 Å². The molecule has 5 rings (SSSR count). The highest BCUT2D eigenvalue weighted by Gasteiger charge is 2.16. The van der Waals surface area contributed by atoms with Gasteiger partial charge in [-0.3, -0.25) is 4.79 Å². The molecule has 5 nitrogen and oxygen atoms in total. The molecular formula is C25H22N4O. The maximum Gasteiger partial charge on any atom is 0.293 e. The van der Waals surface area contributed by atoms with E-state index in [4.69, 9.17) is 0 Å². The number of aromatic nitrogens is 4. The predicted molar refractivity (Wildman–Crippen MR) is 120 cm³/mol. The van der Waals surface area contributed by atoms with Crippen LogP contribution in [0.1, 0.15) is 22.4 Å². The summed E-state index contributed by atoms with van der Waals surface area (Å²) in [4.78, 5) is 13.5. The molecule has 0 saturated carbocycles. The van der Waals surface area contributed by atoms with Crippen LogP contribution in [-0.4, -0.2) is 19.6 Å². The summed E-state index contributed by atoms with van der Waals surface area (Å²) in [6.07, 6.45) is 1.73. The molecule has 0 fully saturated rings. The van der Waals surface area contributed by atoms with Crippen molar-refractivity contribution in [2.75, 3.05) is 0 Å². The molecule has 0 saturated heterocycles. The van der Waals surface area contributed by atoms with Gasteiger partial charge in [-0.25, -0.2) is 9.36 Å². The minimum Gasteiger partial charge on any atom is -0.265 e. The van der Waals surface area contributed by atoms with Gasteiger partial charge < -0.3 is 0 Å². The summed E-state index contributed by atoms with van der Waals surface area (Å²) in [5, 5.41) is 12.2. The van der Waals surface area contributed by atoms with Gasteiger partial charge in [-0.15, -0.1) is 0 Å². The molecule has 0 aliphatic heterocycles. The molecule has 0 spiro atoms. The Morgan fingerprint density at radius 3 is 2.50 bits per heavy atom. The normalized spacial score (nSPS) is 11.4. The van der Waals surface area contributed by atoms with E-state index in [0.717, 1.165) is 38.7 Å². The monoisotopic (exact) mass is 394 g/mol. The zero-order valence-corrected chi connectivity index (χ0v) is 17.3. The third-order valence-corrected chi connectivity index (χ3v) is 5.80. The Kier molecular flexibility index (Phi) is 4.24. The van der Waals surface area contributed by atoms with Gasteiger partial charge in [0, 0.05) is 5.39 Å². The third-order valence-electron chi connectivity index (χ3n) is 5.80. The Morgan fingerprint density at radius 1 is 0.867 bits per heavy atom. The molecule has 0 N–H and O–H groups in total. The number of aryl methyl sites for hydroxylation is 3. The van der Waals surface area contributed by atoms with Crippen LogP contribution in [0.5, 0.6) is 0 Å². The van der Waals surface area contributed by atoms with Crippen molar-refractivity contribution >= 4 is 21.7 Å². The summed E-state index contributed by atoms with van der Waals surface area (Å²) in [5.41, 5.74) is 5.54. The largest absolute Gasteiger partial charge is 0.293 e. The molecule has 0 atom stereocenters. The topological polar surface area (TPSA) is 52.7 Å². The second kappa shape index (κ2) is 6.95. The van der Waals surface area contributed by atoms with Crippen LogP contribution in [0.2, 0.25) is 0 Å². The van der Waals surface area contributed by atoms with Gasteiger partial charge in [-0.2, -0.15) is 10.2 Å². The first-order valence-electron chi connectivity index (χ1n) is 10.0. The fourth-order valence-electron chi connectivity index (χ4n) is 3.97. The van der Waals surface area contributed by atoms with Crippen molar-refractivity contribution in [3.8, 4) is 5.69 Å². The van der Waals surface area contributed by atoms with Gasteiger partial charge in [0.15, 0.2) is 0 Å². The first kappa shape index (κ1) is 18.3. The van der Waals surface area contributed by atoms with Crippen molar-refractivity contribution in [1.82, 2.24) is 19.6 Å². The van der Waals surface area contributed by atoms with Crippen LogP contribution in [0.3, 0.4) is 0 Å². The molecule has 0 amide bonds. The van der Waals surface area contributed by atoms with E-state index in [1.54, 1.807) is 15.6 Å².